The summed E-state index contributed by atoms with van der Waals surface area (Å²) >= 11 is 1.76. The second-order valence-electron chi connectivity index (χ2n) is 4.56. The minimum absolute atomic E-state index is 0.115. The predicted octanol–water partition coefficient (Wildman–Crippen LogP) is 3.15. The van der Waals surface area contributed by atoms with Crippen molar-refractivity contribution in [1.82, 2.24) is 4.98 Å². The summed E-state index contributed by atoms with van der Waals surface area (Å²) in [6, 6.07) is 8.15. The molecule has 1 aromatic carbocycles. The molecule has 2 N–H and O–H groups in total. The average Bonchev–Trinajstić information content (AvgIpc) is 2.84. The van der Waals surface area contributed by atoms with Crippen molar-refractivity contribution in [2.45, 2.75) is 25.3 Å². The molecule has 1 unspecified atom stereocenters. The van der Waals surface area contributed by atoms with Gasteiger partial charge in [-0.15, -0.1) is 11.3 Å². The van der Waals surface area contributed by atoms with Crippen LogP contribution in [-0.2, 0) is 6.42 Å². The summed E-state index contributed by atoms with van der Waals surface area (Å²) in [5.41, 5.74) is 8.33. The molecular weight excluding hydrogens is 244 g/mol. The maximum Gasteiger partial charge on any atom is 0.124 e. The third kappa shape index (κ3) is 2.02. The molecule has 0 saturated heterocycles. The standard InChI is InChI=1S/C14H16N2OS/c1-17-10-5-2-4-9(8-10)14-16-13-11(15)6-3-7-12(13)18-14/h2,4-5,8,11H,3,6-7,15H2,1H3. The first-order chi connectivity index (χ1) is 8.78. The molecule has 1 atom stereocenters. The van der Waals surface area contributed by atoms with Crippen LogP contribution in [0.15, 0.2) is 24.3 Å². The number of nitrogens with two attached hydrogens (primary N) is 1. The van der Waals surface area contributed by atoms with Crippen molar-refractivity contribution < 1.29 is 4.74 Å². The van der Waals surface area contributed by atoms with Gasteiger partial charge in [0.2, 0.25) is 0 Å². The lowest BCUT2D eigenvalue weighted by atomic mass is 9.99. The molecule has 18 heavy (non-hydrogen) atoms. The average molecular weight is 260 g/mol. The highest BCUT2D eigenvalue weighted by Gasteiger charge is 2.22. The van der Waals surface area contributed by atoms with E-state index in [1.807, 2.05) is 18.2 Å². The number of aryl methyl sites for hydroxylation is 1. The fourth-order valence-corrected chi connectivity index (χ4v) is 3.50. The van der Waals surface area contributed by atoms with E-state index in [0.29, 0.717) is 0 Å². The van der Waals surface area contributed by atoms with Crippen LogP contribution in [0, 0.1) is 0 Å². The van der Waals surface area contributed by atoms with E-state index in [0.717, 1.165) is 34.9 Å². The number of hydrogen-bond acceptors (Lipinski definition) is 4. The van der Waals surface area contributed by atoms with Crippen molar-refractivity contribution in [3.8, 4) is 16.3 Å². The SMILES string of the molecule is COc1cccc(-c2nc3c(s2)CCCC3N)c1. The van der Waals surface area contributed by atoms with Gasteiger partial charge in [-0.1, -0.05) is 12.1 Å². The minimum Gasteiger partial charge on any atom is -0.497 e. The number of rotatable bonds is 2. The lowest BCUT2D eigenvalue weighted by Gasteiger charge is -2.15. The molecule has 0 radical (unpaired) electrons. The smallest absolute Gasteiger partial charge is 0.124 e. The van der Waals surface area contributed by atoms with Crippen molar-refractivity contribution >= 4 is 11.3 Å². The van der Waals surface area contributed by atoms with Crippen LogP contribution in [0.4, 0.5) is 0 Å². The van der Waals surface area contributed by atoms with Crippen LogP contribution in [0.1, 0.15) is 29.5 Å². The van der Waals surface area contributed by atoms with Gasteiger partial charge in [-0.05, 0) is 31.4 Å². The molecule has 94 valence electrons. The topological polar surface area (TPSA) is 48.1 Å². The molecule has 1 aliphatic rings. The molecular formula is C14H16N2OS. The molecule has 0 fully saturated rings. The highest BCUT2D eigenvalue weighted by molar-refractivity contribution is 7.15. The van der Waals surface area contributed by atoms with Crippen molar-refractivity contribution in [3.63, 3.8) is 0 Å². The molecule has 0 saturated carbocycles. The van der Waals surface area contributed by atoms with Crippen molar-refractivity contribution in [2.75, 3.05) is 7.11 Å². The van der Waals surface area contributed by atoms with E-state index in [4.69, 9.17) is 15.5 Å². The van der Waals surface area contributed by atoms with Gasteiger partial charge in [0.15, 0.2) is 0 Å². The van der Waals surface area contributed by atoms with Gasteiger partial charge in [-0.25, -0.2) is 4.98 Å². The summed E-state index contributed by atoms with van der Waals surface area (Å²) in [5, 5.41) is 1.05. The quantitative estimate of drug-likeness (QED) is 0.902. The summed E-state index contributed by atoms with van der Waals surface area (Å²) in [7, 11) is 1.68. The van der Waals surface area contributed by atoms with Crippen LogP contribution in [0.2, 0.25) is 0 Å². The van der Waals surface area contributed by atoms with E-state index in [1.165, 1.54) is 11.3 Å². The van der Waals surface area contributed by atoms with Crippen molar-refractivity contribution in [2.24, 2.45) is 5.73 Å². The number of thiazole rings is 1. The van der Waals surface area contributed by atoms with Crippen LogP contribution in [0.5, 0.6) is 5.75 Å². The van der Waals surface area contributed by atoms with Crippen LogP contribution in [0.3, 0.4) is 0 Å². The Bertz CT molecular complexity index is 565. The van der Waals surface area contributed by atoms with E-state index >= 15 is 0 Å². The summed E-state index contributed by atoms with van der Waals surface area (Å²) in [6.45, 7) is 0. The molecule has 3 rings (SSSR count). The lowest BCUT2D eigenvalue weighted by molar-refractivity contribution is 0.415. The zero-order chi connectivity index (χ0) is 12.5. The summed E-state index contributed by atoms with van der Waals surface area (Å²) in [5.74, 6) is 0.866. The van der Waals surface area contributed by atoms with Gasteiger partial charge in [-0.3, -0.25) is 0 Å². The number of nitrogens with zero attached hydrogens (tertiary/aromatic N) is 1. The number of benzene rings is 1. The molecule has 0 spiro atoms. The van der Waals surface area contributed by atoms with E-state index in [2.05, 4.69) is 6.07 Å². The van der Waals surface area contributed by atoms with Gasteiger partial charge in [0.25, 0.3) is 0 Å². The molecule has 4 heteroatoms. The number of ether oxygens (including phenoxy) is 1. The van der Waals surface area contributed by atoms with Gasteiger partial charge < -0.3 is 10.5 Å². The Morgan fingerprint density at radius 3 is 3.11 bits per heavy atom. The van der Waals surface area contributed by atoms with Crippen LogP contribution in [-0.4, -0.2) is 12.1 Å². The summed E-state index contributed by atoms with van der Waals surface area (Å²) in [4.78, 5) is 6.07. The first kappa shape index (κ1) is 11.7. The normalized spacial score (nSPS) is 18.4. The Morgan fingerprint density at radius 1 is 1.44 bits per heavy atom. The second kappa shape index (κ2) is 4.71. The Morgan fingerprint density at radius 2 is 2.33 bits per heavy atom. The molecule has 3 nitrogen and oxygen atoms in total. The molecule has 2 aromatic rings. The molecule has 0 aliphatic heterocycles. The second-order valence-corrected chi connectivity index (χ2v) is 5.64. The van der Waals surface area contributed by atoms with Crippen LogP contribution < -0.4 is 10.5 Å². The molecule has 1 aliphatic carbocycles. The zero-order valence-corrected chi connectivity index (χ0v) is 11.2. The van der Waals surface area contributed by atoms with Crippen LogP contribution in [0.25, 0.3) is 10.6 Å². The monoisotopic (exact) mass is 260 g/mol. The maximum atomic E-state index is 6.11. The number of hydrogen-bond donors (Lipinski definition) is 1. The molecule has 1 aromatic heterocycles. The molecule has 0 bridgehead atoms. The maximum absolute atomic E-state index is 6.11. The third-order valence-electron chi connectivity index (χ3n) is 3.31. The predicted molar refractivity (Wildman–Crippen MR) is 74.0 cm³/mol. The molecule has 1 heterocycles. The van der Waals surface area contributed by atoms with E-state index < -0.39 is 0 Å². The van der Waals surface area contributed by atoms with Gasteiger partial charge in [0, 0.05) is 16.5 Å². The summed E-state index contributed by atoms with van der Waals surface area (Å²) in [6.07, 6.45) is 3.34. The van der Waals surface area contributed by atoms with Gasteiger partial charge in [0.05, 0.1) is 12.8 Å². The first-order valence-corrected chi connectivity index (χ1v) is 6.99. The van der Waals surface area contributed by atoms with Gasteiger partial charge in [0.1, 0.15) is 10.8 Å². The Balaban J connectivity index is 2.01. The number of fused-ring (bicyclic) bond motifs is 1. The van der Waals surface area contributed by atoms with Crippen molar-refractivity contribution in [1.29, 1.82) is 0 Å². The Kier molecular flexibility index (Phi) is 3.06. The number of methoxy groups -OCH3 is 1. The van der Waals surface area contributed by atoms with E-state index in [9.17, 15) is 0 Å². The third-order valence-corrected chi connectivity index (χ3v) is 4.49. The van der Waals surface area contributed by atoms with Crippen molar-refractivity contribution in [3.05, 3.63) is 34.8 Å². The minimum atomic E-state index is 0.115. The summed E-state index contributed by atoms with van der Waals surface area (Å²) < 4.78 is 5.25. The number of aromatic nitrogens is 1. The highest BCUT2D eigenvalue weighted by Crippen LogP contribution is 2.36. The van der Waals surface area contributed by atoms with Gasteiger partial charge in [-0.2, -0.15) is 0 Å². The largest absolute Gasteiger partial charge is 0.497 e. The fourth-order valence-electron chi connectivity index (χ4n) is 2.33. The zero-order valence-electron chi connectivity index (χ0n) is 10.3. The van der Waals surface area contributed by atoms with Crippen LogP contribution >= 0.6 is 11.3 Å². The first-order valence-electron chi connectivity index (χ1n) is 6.17. The molecule has 0 amide bonds. The Labute approximate surface area is 111 Å². The Hall–Kier alpha value is -1.39. The highest BCUT2D eigenvalue weighted by atomic mass is 32.1. The van der Waals surface area contributed by atoms with E-state index in [-0.39, 0.29) is 6.04 Å². The van der Waals surface area contributed by atoms with E-state index in [1.54, 1.807) is 18.4 Å². The lowest BCUT2D eigenvalue weighted by Crippen LogP contribution is -2.16. The van der Waals surface area contributed by atoms with Gasteiger partial charge >= 0.3 is 0 Å². The fraction of sp³-hybridized carbons (Fsp3) is 0.357.